The molecule has 0 heterocycles. The van der Waals surface area contributed by atoms with E-state index in [2.05, 4.69) is 15.9 Å². The molecule has 0 aliphatic heterocycles. The van der Waals surface area contributed by atoms with Gasteiger partial charge in [0.1, 0.15) is 12.4 Å². The number of amides is 1. The van der Waals surface area contributed by atoms with Crippen molar-refractivity contribution in [2.75, 3.05) is 6.54 Å². The third-order valence-corrected chi connectivity index (χ3v) is 4.81. The maximum absolute atomic E-state index is 13.4. The molecule has 26 heavy (non-hydrogen) atoms. The monoisotopic (exact) mass is 423 g/mol. The van der Waals surface area contributed by atoms with Crippen LogP contribution in [0.4, 0.5) is 9.18 Å². The van der Waals surface area contributed by atoms with Crippen LogP contribution in [-0.4, -0.2) is 28.6 Å². The summed E-state index contributed by atoms with van der Waals surface area (Å²) in [5, 5.41) is 9.85. The van der Waals surface area contributed by atoms with Crippen LogP contribution in [0.1, 0.15) is 25.0 Å². The van der Waals surface area contributed by atoms with Gasteiger partial charge in [-0.05, 0) is 31.5 Å². The molecule has 0 bridgehead atoms. The van der Waals surface area contributed by atoms with Crippen LogP contribution in [0.3, 0.4) is 0 Å². The first kappa shape index (κ1) is 19.9. The lowest BCUT2D eigenvalue weighted by Crippen LogP contribution is -2.53. The largest absolute Gasteiger partial charge is 0.479 e. The minimum absolute atomic E-state index is 0.0243. The molecule has 138 valence electrons. The lowest BCUT2D eigenvalue weighted by molar-refractivity contribution is -0.150. The summed E-state index contributed by atoms with van der Waals surface area (Å²) in [6.07, 6.45) is -0.766. The Hall–Kier alpha value is -2.41. The minimum atomic E-state index is -1.73. The van der Waals surface area contributed by atoms with Gasteiger partial charge < -0.3 is 9.84 Å². The zero-order chi connectivity index (χ0) is 19.3. The van der Waals surface area contributed by atoms with Crippen molar-refractivity contribution < 1.29 is 23.8 Å². The number of ether oxygens (including phenoxy) is 1. The number of aliphatic carboxylic acids is 1. The fraction of sp³-hybridized carbons (Fsp3) is 0.263. The third kappa shape index (κ3) is 4.04. The number of likely N-dealkylation sites (N-methyl/N-ethyl adjacent to an activating group) is 1. The van der Waals surface area contributed by atoms with Crippen molar-refractivity contribution in [2.45, 2.75) is 26.0 Å². The van der Waals surface area contributed by atoms with Crippen molar-refractivity contribution in [1.29, 1.82) is 0 Å². The van der Waals surface area contributed by atoms with Gasteiger partial charge in [0.2, 0.25) is 0 Å². The summed E-state index contributed by atoms with van der Waals surface area (Å²) in [4.78, 5) is 25.8. The Morgan fingerprint density at radius 2 is 1.88 bits per heavy atom. The van der Waals surface area contributed by atoms with Gasteiger partial charge >= 0.3 is 12.1 Å². The second-order valence-electron chi connectivity index (χ2n) is 5.79. The Balaban J connectivity index is 2.33. The molecule has 1 atom stereocenters. The zero-order valence-electron chi connectivity index (χ0n) is 14.4. The smallest absolute Gasteiger partial charge is 0.411 e. The van der Waals surface area contributed by atoms with Crippen LogP contribution < -0.4 is 0 Å². The number of nitrogens with zero attached hydrogens (tertiary/aromatic N) is 1. The van der Waals surface area contributed by atoms with Gasteiger partial charge in [0, 0.05) is 16.6 Å². The molecular formula is C19H19BrFNO4. The predicted molar refractivity (Wildman–Crippen MR) is 98.1 cm³/mol. The maximum atomic E-state index is 13.4. The Labute approximate surface area is 159 Å². The molecule has 0 radical (unpaired) electrons. The Kier molecular flexibility index (Phi) is 6.37. The van der Waals surface area contributed by atoms with Crippen molar-refractivity contribution in [3.8, 4) is 0 Å². The molecule has 0 saturated carbocycles. The summed E-state index contributed by atoms with van der Waals surface area (Å²) in [7, 11) is 0. The SMILES string of the molecule is CCN(C(=O)OCc1ccccc1)C(C)(C(=O)O)c1ccc(F)cc1Br. The molecular weight excluding hydrogens is 405 g/mol. The number of carboxylic acid groups (broad SMARTS) is 1. The third-order valence-electron chi connectivity index (χ3n) is 4.15. The molecule has 1 unspecified atom stereocenters. The number of hydrogen-bond donors (Lipinski definition) is 1. The van der Waals surface area contributed by atoms with E-state index < -0.39 is 23.4 Å². The number of halogens is 2. The van der Waals surface area contributed by atoms with Crippen LogP contribution in [0.2, 0.25) is 0 Å². The van der Waals surface area contributed by atoms with Gasteiger partial charge in [0.25, 0.3) is 0 Å². The number of carbonyl (C=O) groups is 2. The molecule has 1 N–H and O–H groups in total. The fourth-order valence-corrected chi connectivity index (χ4v) is 3.42. The van der Waals surface area contributed by atoms with E-state index in [0.29, 0.717) is 0 Å². The van der Waals surface area contributed by atoms with Crippen LogP contribution in [0.15, 0.2) is 53.0 Å². The first-order chi connectivity index (χ1) is 12.3. The van der Waals surface area contributed by atoms with E-state index in [1.54, 1.807) is 19.1 Å². The molecule has 5 nitrogen and oxygen atoms in total. The van der Waals surface area contributed by atoms with E-state index >= 15 is 0 Å². The molecule has 0 aliphatic carbocycles. The van der Waals surface area contributed by atoms with E-state index in [-0.39, 0.29) is 23.2 Å². The highest BCUT2D eigenvalue weighted by Gasteiger charge is 2.45. The number of benzene rings is 2. The molecule has 2 aromatic carbocycles. The van der Waals surface area contributed by atoms with Crippen LogP contribution >= 0.6 is 15.9 Å². The lowest BCUT2D eigenvalue weighted by Gasteiger charge is -2.37. The summed E-state index contributed by atoms with van der Waals surface area (Å²) < 4.78 is 19.0. The van der Waals surface area contributed by atoms with Gasteiger partial charge in [-0.1, -0.05) is 52.3 Å². The molecule has 0 fully saturated rings. The highest BCUT2D eigenvalue weighted by molar-refractivity contribution is 9.10. The van der Waals surface area contributed by atoms with Gasteiger partial charge in [-0.3, -0.25) is 4.90 Å². The summed E-state index contributed by atoms with van der Waals surface area (Å²) in [5.74, 6) is -1.76. The molecule has 1 amide bonds. The van der Waals surface area contributed by atoms with Gasteiger partial charge in [-0.15, -0.1) is 0 Å². The minimum Gasteiger partial charge on any atom is -0.479 e. The van der Waals surface area contributed by atoms with Crippen molar-refractivity contribution in [3.05, 3.63) is 69.9 Å². The second-order valence-corrected chi connectivity index (χ2v) is 6.64. The molecule has 2 rings (SSSR count). The van der Waals surface area contributed by atoms with Crippen molar-refractivity contribution >= 4 is 28.0 Å². The Bertz CT molecular complexity index is 799. The molecule has 0 aromatic heterocycles. The van der Waals surface area contributed by atoms with E-state index in [1.165, 1.54) is 19.1 Å². The average Bonchev–Trinajstić information content (AvgIpc) is 2.61. The molecule has 0 spiro atoms. The Morgan fingerprint density at radius 1 is 1.23 bits per heavy atom. The first-order valence-corrected chi connectivity index (χ1v) is 8.77. The zero-order valence-corrected chi connectivity index (χ0v) is 16.0. The van der Waals surface area contributed by atoms with Crippen LogP contribution in [-0.2, 0) is 21.7 Å². The molecule has 0 saturated heterocycles. The number of carbonyl (C=O) groups excluding carboxylic acids is 1. The van der Waals surface area contributed by atoms with Crippen molar-refractivity contribution in [3.63, 3.8) is 0 Å². The molecule has 0 aliphatic rings. The second kappa shape index (κ2) is 8.31. The highest BCUT2D eigenvalue weighted by atomic mass is 79.9. The van der Waals surface area contributed by atoms with E-state index in [0.717, 1.165) is 16.5 Å². The van der Waals surface area contributed by atoms with E-state index in [1.807, 2.05) is 18.2 Å². The Morgan fingerprint density at radius 3 is 2.42 bits per heavy atom. The predicted octanol–water partition coefficient (Wildman–Crippen LogP) is 4.55. The highest BCUT2D eigenvalue weighted by Crippen LogP contribution is 2.35. The fourth-order valence-electron chi connectivity index (χ4n) is 2.69. The molecule has 7 heteroatoms. The van der Waals surface area contributed by atoms with Gasteiger partial charge in [0.05, 0.1) is 0 Å². The van der Waals surface area contributed by atoms with Crippen LogP contribution in [0, 0.1) is 5.82 Å². The number of rotatable bonds is 6. The van der Waals surface area contributed by atoms with Crippen molar-refractivity contribution in [1.82, 2.24) is 4.90 Å². The van der Waals surface area contributed by atoms with E-state index in [4.69, 9.17) is 4.74 Å². The maximum Gasteiger partial charge on any atom is 0.411 e. The normalized spacial score (nSPS) is 12.9. The average molecular weight is 424 g/mol. The summed E-state index contributed by atoms with van der Waals surface area (Å²) in [6, 6.07) is 12.8. The van der Waals surface area contributed by atoms with Crippen LogP contribution in [0.25, 0.3) is 0 Å². The van der Waals surface area contributed by atoms with Gasteiger partial charge in [-0.2, -0.15) is 0 Å². The first-order valence-electron chi connectivity index (χ1n) is 7.98. The topological polar surface area (TPSA) is 66.8 Å². The van der Waals surface area contributed by atoms with Gasteiger partial charge in [0.15, 0.2) is 5.54 Å². The summed E-state index contributed by atoms with van der Waals surface area (Å²) in [6.45, 7) is 3.17. The summed E-state index contributed by atoms with van der Waals surface area (Å²) in [5.41, 5.74) is -0.684. The van der Waals surface area contributed by atoms with Crippen LogP contribution in [0.5, 0.6) is 0 Å². The number of carboxylic acids is 1. The quantitative estimate of drug-likeness (QED) is 0.739. The number of hydrogen-bond acceptors (Lipinski definition) is 3. The van der Waals surface area contributed by atoms with Crippen molar-refractivity contribution in [2.24, 2.45) is 0 Å². The van der Waals surface area contributed by atoms with E-state index in [9.17, 15) is 19.1 Å². The molecule has 2 aromatic rings. The standard InChI is InChI=1S/C19H19BrFNO4/c1-3-22(18(25)26-12-13-7-5-4-6-8-13)19(2,17(23)24)15-10-9-14(21)11-16(15)20/h4-11H,3,12H2,1-2H3,(H,23,24). The summed E-state index contributed by atoms with van der Waals surface area (Å²) >= 11 is 3.19. The lowest BCUT2D eigenvalue weighted by atomic mass is 9.90. The van der Waals surface area contributed by atoms with Gasteiger partial charge in [-0.25, -0.2) is 14.0 Å².